The van der Waals surface area contributed by atoms with Crippen molar-refractivity contribution in [2.24, 2.45) is 17.8 Å². The highest BCUT2D eigenvalue weighted by molar-refractivity contribution is 5.73. The molecule has 12 atom stereocenters. The normalized spacial score (nSPS) is 30.3. The molecule has 0 aromatic rings. The van der Waals surface area contributed by atoms with Crippen LogP contribution in [0.5, 0.6) is 0 Å². The number of aliphatic hydroxyl groups excluding tert-OH is 2. The van der Waals surface area contributed by atoms with Crippen molar-refractivity contribution in [3.05, 3.63) is 0 Å². The number of rotatable bonds is 19. The van der Waals surface area contributed by atoms with Crippen LogP contribution in [0.3, 0.4) is 0 Å². The topological polar surface area (TPSA) is 226 Å². The standard InChI is InChI=1S/C35H56O17/c1-10-18(4)13-26(40)48-29-24(15-36)47-34(31(50-33(43)20(6)12-3)30(29)49-27(41)14-19(5)11-2)52-35(17-45-22(8)38)32(46-23(9)39)28(42)25(51-35)16-44-21(7)37/h18-20,24-25,28-32,34,36,42H,10-17H2,1-9H3/t18?,19?,20?,24-,25-,28-,29-,30+,31-,32+,34-,35+/m1/s1. The second-order valence-electron chi connectivity index (χ2n) is 13.5. The first-order valence-electron chi connectivity index (χ1n) is 17.7. The molecule has 298 valence electrons. The van der Waals surface area contributed by atoms with Crippen molar-refractivity contribution in [2.45, 2.75) is 149 Å². The molecule has 2 N–H and O–H groups in total. The molecule has 0 saturated carbocycles. The molecule has 0 aromatic carbocycles. The molecular weight excluding hydrogens is 692 g/mol. The van der Waals surface area contributed by atoms with Crippen LogP contribution >= 0.6 is 0 Å². The predicted octanol–water partition coefficient (Wildman–Crippen LogP) is 1.89. The van der Waals surface area contributed by atoms with Gasteiger partial charge in [0.2, 0.25) is 12.1 Å². The first kappa shape index (κ1) is 44.8. The van der Waals surface area contributed by atoms with Gasteiger partial charge in [0.15, 0.2) is 24.4 Å². The quantitative estimate of drug-likeness (QED) is 0.142. The molecule has 0 spiro atoms. The van der Waals surface area contributed by atoms with Gasteiger partial charge in [0, 0.05) is 33.6 Å². The average molecular weight is 749 g/mol. The summed E-state index contributed by atoms with van der Waals surface area (Å²) in [6.45, 7) is 11.7. The highest BCUT2D eigenvalue weighted by Crippen LogP contribution is 2.40. The highest BCUT2D eigenvalue weighted by Gasteiger charge is 2.63. The van der Waals surface area contributed by atoms with Gasteiger partial charge in [0.1, 0.15) is 31.5 Å². The van der Waals surface area contributed by atoms with Gasteiger partial charge in [-0.3, -0.25) is 28.8 Å². The van der Waals surface area contributed by atoms with Crippen LogP contribution in [0.1, 0.15) is 94.4 Å². The fraction of sp³-hybridized carbons (Fsp3) is 0.829. The average Bonchev–Trinajstić information content (AvgIpc) is 3.33. The summed E-state index contributed by atoms with van der Waals surface area (Å²) in [6.07, 6.45) is -11.7. The van der Waals surface area contributed by atoms with Gasteiger partial charge in [-0.25, -0.2) is 0 Å². The minimum atomic E-state index is -2.43. The van der Waals surface area contributed by atoms with E-state index in [9.17, 15) is 39.0 Å². The van der Waals surface area contributed by atoms with E-state index in [1.165, 1.54) is 0 Å². The summed E-state index contributed by atoms with van der Waals surface area (Å²) in [7, 11) is 0. The van der Waals surface area contributed by atoms with Gasteiger partial charge < -0.3 is 52.8 Å². The van der Waals surface area contributed by atoms with Crippen LogP contribution in [0.4, 0.5) is 0 Å². The van der Waals surface area contributed by atoms with E-state index in [4.69, 9.17) is 42.6 Å². The minimum Gasteiger partial charge on any atom is -0.463 e. The summed E-state index contributed by atoms with van der Waals surface area (Å²) in [6, 6.07) is 0. The number of carbonyl (C=O) groups excluding carboxylic acids is 6. The third-order valence-electron chi connectivity index (χ3n) is 9.01. The molecule has 2 fully saturated rings. The van der Waals surface area contributed by atoms with Crippen molar-refractivity contribution < 1.29 is 81.6 Å². The lowest BCUT2D eigenvalue weighted by atomic mass is 9.96. The van der Waals surface area contributed by atoms with E-state index >= 15 is 0 Å². The van der Waals surface area contributed by atoms with E-state index in [-0.39, 0.29) is 24.7 Å². The van der Waals surface area contributed by atoms with Crippen molar-refractivity contribution in [1.29, 1.82) is 0 Å². The van der Waals surface area contributed by atoms with Crippen LogP contribution in [-0.2, 0) is 71.4 Å². The molecule has 52 heavy (non-hydrogen) atoms. The minimum absolute atomic E-state index is 0.0268. The molecule has 17 heteroatoms. The van der Waals surface area contributed by atoms with Crippen molar-refractivity contribution in [3.8, 4) is 0 Å². The fourth-order valence-corrected chi connectivity index (χ4v) is 5.36. The molecule has 0 aromatic heterocycles. The lowest BCUT2D eigenvalue weighted by Gasteiger charge is -2.46. The van der Waals surface area contributed by atoms with Crippen molar-refractivity contribution >= 4 is 35.8 Å². The number of esters is 6. The summed E-state index contributed by atoms with van der Waals surface area (Å²) in [4.78, 5) is 75.9. The Kier molecular flexibility index (Phi) is 17.9. The summed E-state index contributed by atoms with van der Waals surface area (Å²) >= 11 is 0. The van der Waals surface area contributed by atoms with E-state index in [0.717, 1.165) is 20.8 Å². The zero-order valence-electron chi connectivity index (χ0n) is 31.5. The van der Waals surface area contributed by atoms with Crippen LogP contribution in [0, 0.1) is 17.8 Å². The Labute approximate surface area is 304 Å². The number of aliphatic hydroxyl groups is 2. The zero-order chi connectivity index (χ0) is 39.3. The predicted molar refractivity (Wildman–Crippen MR) is 177 cm³/mol. The van der Waals surface area contributed by atoms with E-state index in [1.807, 2.05) is 27.7 Å². The van der Waals surface area contributed by atoms with Crippen molar-refractivity contribution in [2.75, 3.05) is 19.8 Å². The lowest BCUT2D eigenvalue weighted by Crippen LogP contribution is -2.66. The second kappa shape index (κ2) is 20.8. The number of hydrogen-bond donors (Lipinski definition) is 2. The van der Waals surface area contributed by atoms with Crippen LogP contribution in [0.25, 0.3) is 0 Å². The monoisotopic (exact) mass is 748 g/mol. The molecule has 0 bridgehead atoms. The first-order valence-corrected chi connectivity index (χ1v) is 17.7. The van der Waals surface area contributed by atoms with Crippen LogP contribution in [-0.4, -0.2) is 121 Å². The van der Waals surface area contributed by atoms with Gasteiger partial charge in [-0.2, -0.15) is 0 Å². The highest BCUT2D eigenvalue weighted by atomic mass is 16.8. The van der Waals surface area contributed by atoms with Gasteiger partial charge in [-0.1, -0.05) is 54.4 Å². The van der Waals surface area contributed by atoms with Gasteiger partial charge in [-0.15, -0.1) is 0 Å². The van der Waals surface area contributed by atoms with Crippen LogP contribution in [0.15, 0.2) is 0 Å². The maximum Gasteiger partial charge on any atom is 0.309 e. The van der Waals surface area contributed by atoms with E-state index < -0.39 is 116 Å². The smallest absolute Gasteiger partial charge is 0.309 e. The Hall–Kier alpha value is -3.38. The molecular formula is C35H56O17. The van der Waals surface area contributed by atoms with Gasteiger partial charge in [0.25, 0.3) is 0 Å². The summed E-state index contributed by atoms with van der Waals surface area (Å²) in [5.41, 5.74) is 0. The molecule has 2 aliphatic heterocycles. The third kappa shape index (κ3) is 12.6. The summed E-state index contributed by atoms with van der Waals surface area (Å²) in [5, 5.41) is 21.8. The molecule has 0 radical (unpaired) electrons. The van der Waals surface area contributed by atoms with Crippen LogP contribution in [0.2, 0.25) is 0 Å². The maximum absolute atomic E-state index is 13.4. The largest absolute Gasteiger partial charge is 0.463 e. The van der Waals surface area contributed by atoms with Crippen LogP contribution < -0.4 is 0 Å². The molecule has 0 aliphatic carbocycles. The second-order valence-corrected chi connectivity index (χ2v) is 13.5. The molecule has 3 unspecified atom stereocenters. The number of hydrogen-bond acceptors (Lipinski definition) is 17. The Bertz CT molecular complexity index is 1220. The molecule has 2 heterocycles. The Balaban J connectivity index is 2.77. The Morgan fingerprint density at radius 1 is 0.712 bits per heavy atom. The van der Waals surface area contributed by atoms with Gasteiger partial charge in [-0.05, 0) is 18.3 Å². The van der Waals surface area contributed by atoms with E-state index in [2.05, 4.69) is 0 Å². The summed E-state index contributed by atoms with van der Waals surface area (Å²) < 4.78 is 51.7. The molecule has 2 aliphatic rings. The van der Waals surface area contributed by atoms with E-state index in [1.54, 1.807) is 13.8 Å². The Morgan fingerprint density at radius 2 is 1.27 bits per heavy atom. The lowest BCUT2D eigenvalue weighted by molar-refractivity contribution is -0.384. The van der Waals surface area contributed by atoms with Gasteiger partial charge >= 0.3 is 35.8 Å². The van der Waals surface area contributed by atoms with E-state index in [0.29, 0.717) is 19.3 Å². The molecule has 2 saturated heterocycles. The van der Waals surface area contributed by atoms with Crippen molar-refractivity contribution in [3.63, 3.8) is 0 Å². The summed E-state index contributed by atoms with van der Waals surface area (Å²) in [5.74, 6) is -8.06. The molecule has 17 nitrogen and oxygen atoms in total. The molecule has 2 rings (SSSR count). The van der Waals surface area contributed by atoms with Crippen molar-refractivity contribution in [1.82, 2.24) is 0 Å². The maximum atomic E-state index is 13.4. The number of carbonyl (C=O) groups is 6. The van der Waals surface area contributed by atoms with Gasteiger partial charge in [0.05, 0.1) is 12.5 Å². The zero-order valence-corrected chi connectivity index (χ0v) is 31.5. The first-order chi connectivity index (χ1) is 24.4. The number of ether oxygens (including phenoxy) is 9. The third-order valence-corrected chi connectivity index (χ3v) is 9.01. The Morgan fingerprint density at radius 3 is 1.75 bits per heavy atom. The molecule has 0 amide bonds. The fourth-order valence-electron chi connectivity index (χ4n) is 5.36. The SMILES string of the molecule is CCC(C)CC(=O)O[C@@H]1[C@@H](OC(=O)C(C)CC)[C@@H](O[C@]2(COC(C)=O)O[C@H](COC(C)=O)[C@@H](O)[C@@H]2OC(C)=O)O[C@H](CO)[C@H]1OC(=O)CC(C)CC.